The standard InChI is InChI=1S/C33H40N2O5S/c1-4-6-20-35(21-7-5-2)22-11-23-39-28-17-14-25(15-18-28)32(36)31-29-24-27(34-41(3,37)38)16-19-30(29)40-33(31)26-12-9-8-10-13-26/h8-10,12-19,24,34H,4-7,11,20-23H2,1-3H3. The van der Waals surface area contributed by atoms with Crippen molar-refractivity contribution >= 4 is 32.5 Å². The fraction of sp³-hybridized carbons (Fsp3) is 0.364. The second-order valence-electron chi connectivity index (χ2n) is 10.4. The highest BCUT2D eigenvalue weighted by molar-refractivity contribution is 7.92. The van der Waals surface area contributed by atoms with E-state index in [-0.39, 0.29) is 5.78 Å². The van der Waals surface area contributed by atoms with Crippen molar-refractivity contribution in [3.63, 3.8) is 0 Å². The van der Waals surface area contributed by atoms with E-state index < -0.39 is 10.0 Å². The number of nitrogens with zero attached hydrogens (tertiary/aromatic N) is 1. The van der Waals surface area contributed by atoms with E-state index in [4.69, 9.17) is 9.15 Å². The molecular formula is C33H40N2O5S. The number of anilines is 1. The van der Waals surface area contributed by atoms with E-state index in [9.17, 15) is 13.2 Å². The van der Waals surface area contributed by atoms with Gasteiger partial charge in [0.15, 0.2) is 5.78 Å². The molecule has 0 bridgehead atoms. The molecule has 4 rings (SSSR count). The molecule has 0 atom stereocenters. The summed E-state index contributed by atoms with van der Waals surface area (Å²) in [6.07, 6.45) is 6.86. The molecule has 0 fully saturated rings. The Kier molecular flexibility index (Phi) is 10.6. The van der Waals surface area contributed by atoms with Crippen molar-refractivity contribution in [3.8, 4) is 17.1 Å². The van der Waals surface area contributed by atoms with Gasteiger partial charge in [0, 0.05) is 28.7 Å². The lowest BCUT2D eigenvalue weighted by atomic mass is 9.97. The number of benzene rings is 3. The number of ether oxygens (including phenoxy) is 1. The number of fused-ring (bicyclic) bond motifs is 1. The fourth-order valence-electron chi connectivity index (χ4n) is 4.82. The van der Waals surface area contributed by atoms with Crippen LogP contribution in [-0.2, 0) is 10.0 Å². The molecule has 0 saturated carbocycles. The Morgan fingerprint density at radius 1 is 0.878 bits per heavy atom. The van der Waals surface area contributed by atoms with E-state index in [0.717, 1.165) is 43.6 Å². The highest BCUT2D eigenvalue weighted by atomic mass is 32.2. The minimum absolute atomic E-state index is 0.215. The van der Waals surface area contributed by atoms with Gasteiger partial charge in [0.05, 0.1) is 18.4 Å². The third kappa shape index (κ3) is 8.44. The molecule has 7 nitrogen and oxygen atoms in total. The van der Waals surface area contributed by atoms with E-state index in [0.29, 0.717) is 40.2 Å². The predicted molar refractivity (Wildman–Crippen MR) is 166 cm³/mol. The van der Waals surface area contributed by atoms with E-state index in [1.165, 1.54) is 25.7 Å². The van der Waals surface area contributed by atoms with E-state index in [1.54, 1.807) is 30.3 Å². The number of carbonyl (C=O) groups is 1. The zero-order valence-electron chi connectivity index (χ0n) is 24.2. The second kappa shape index (κ2) is 14.3. The molecular weight excluding hydrogens is 536 g/mol. The molecule has 3 aromatic carbocycles. The molecule has 0 saturated heterocycles. The number of furan rings is 1. The van der Waals surface area contributed by atoms with Gasteiger partial charge in [0.2, 0.25) is 10.0 Å². The maximum Gasteiger partial charge on any atom is 0.229 e. The molecule has 0 spiro atoms. The lowest BCUT2D eigenvalue weighted by molar-refractivity contribution is 0.104. The van der Waals surface area contributed by atoms with Gasteiger partial charge in [-0.1, -0.05) is 57.0 Å². The first kappa shape index (κ1) is 30.3. The van der Waals surface area contributed by atoms with Crippen molar-refractivity contribution in [2.24, 2.45) is 0 Å². The Labute approximate surface area is 243 Å². The number of hydrogen-bond acceptors (Lipinski definition) is 6. The summed E-state index contributed by atoms with van der Waals surface area (Å²) in [6, 6.07) is 21.5. The van der Waals surface area contributed by atoms with Gasteiger partial charge in [0.25, 0.3) is 0 Å². The largest absolute Gasteiger partial charge is 0.494 e. The van der Waals surface area contributed by atoms with E-state index in [1.807, 2.05) is 42.5 Å². The van der Waals surface area contributed by atoms with Crippen LogP contribution in [0.1, 0.15) is 61.9 Å². The van der Waals surface area contributed by atoms with Crippen LogP contribution in [0, 0.1) is 0 Å². The highest BCUT2D eigenvalue weighted by Gasteiger charge is 2.24. The molecule has 8 heteroatoms. The Hall–Kier alpha value is -3.62. The summed E-state index contributed by atoms with van der Waals surface area (Å²) in [6.45, 7) is 8.34. The second-order valence-corrected chi connectivity index (χ2v) is 12.1. The molecule has 0 aliphatic heterocycles. The van der Waals surface area contributed by atoms with Gasteiger partial charge >= 0.3 is 0 Å². The van der Waals surface area contributed by atoms with Crippen molar-refractivity contribution in [1.82, 2.24) is 4.90 Å². The summed E-state index contributed by atoms with van der Waals surface area (Å²) in [4.78, 5) is 16.4. The molecule has 4 aromatic rings. The molecule has 0 amide bonds. The van der Waals surface area contributed by atoms with Gasteiger partial charge < -0.3 is 14.1 Å². The van der Waals surface area contributed by atoms with Gasteiger partial charge in [-0.25, -0.2) is 8.42 Å². The molecule has 1 aromatic heterocycles. The Bertz CT molecular complexity index is 1520. The lowest BCUT2D eigenvalue weighted by Gasteiger charge is -2.21. The number of hydrogen-bond donors (Lipinski definition) is 1. The number of rotatable bonds is 16. The van der Waals surface area contributed by atoms with Gasteiger partial charge in [0.1, 0.15) is 17.1 Å². The monoisotopic (exact) mass is 576 g/mol. The smallest absolute Gasteiger partial charge is 0.229 e. The maximum atomic E-state index is 13.9. The summed E-state index contributed by atoms with van der Waals surface area (Å²) in [5.74, 6) is 0.946. The predicted octanol–water partition coefficient (Wildman–Crippen LogP) is 7.37. The van der Waals surface area contributed by atoms with Crippen LogP contribution in [0.4, 0.5) is 5.69 Å². The van der Waals surface area contributed by atoms with Gasteiger partial charge in [-0.3, -0.25) is 9.52 Å². The summed E-state index contributed by atoms with van der Waals surface area (Å²) in [7, 11) is -3.49. The summed E-state index contributed by atoms with van der Waals surface area (Å²) < 4.78 is 38.3. The van der Waals surface area contributed by atoms with Crippen molar-refractivity contribution in [1.29, 1.82) is 0 Å². The summed E-state index contributed by atoms with van der Waals surface area (Å²) in [5.41, 5.74) is 2.50. The van der Waals surface area contributed by atoms with Crippen molar-refractivity contribution in [3.05, 3.63) is 83.9 Å². The van der Waals surface area contributed by atoms with Crippen LogP contribution in [0.5, 0.6) is 5.75 Å². The minimum atomic E-state index is -3.49. The fourth-order valence-corrected chi connectivity index (χ4v) is 5.37. The average molecular weight is 577 g/mol. The van der Waals surface area contributed by atoms with Gasteiger partial charge in [-0.15, -0.1) is 0 Å². The number of nitrogens with one attached hydrogen (secondary N) is 1. The molecule has 0 radical (unpaired) electrons. The van der Waals surface area contributed by atoms with Crippen LogP contribution >= 0.6 is 0 Å². The molecule has 1 heterocycles. The summed E-state index contributed by atoms with van der Waals surface area (Å²) in [5, 5.41) is 0.540. The number of sulfonamides is 1. The van der Waals surface area contributed by atoms with E-state index >= 15 is 0 Å². The topological polar surface area (TPSA) is 88.8 Å². The first-order chi connectivity index (χ1) is 19.8. The lowest BCUT2D eigenvalue weighted by Crippen LogP contribution is -2.28. The highest BCUT2D eigenvalue weighted by Crippen LogP contribution is 2.36. The van der Waals surface area contributed by atoms with Crippen molar-refractivity contribution in [2.45, 2.75) is 46.0 Å². The third-order valence-electron chi connectivity index (χ3n) is 6.91. The normalized spacial score (nSPS) is 11.7. The third-order valence-corrected chi connectivity index (χ3v) is 7.52. The molecule has 218 valence electrons. The van der Waals surface area contributed by atoms with Crippen LogP contribution in [0.3, 0.4) is 0 Å². The maximum absolute atomic E-state index is 13.9. The molecule has 0 aliphatic rings. The van der Waals surface area contributed by atoms with Crippen LogP contribution in [0.2, 0.25) is 0 Å². The molecule has 1 N–H and O–H groups in total. The van der Waals surface area contributed by atoms with Crippen LogP contribution in [0.15, 0.2) is 77.2 Å². The number of carbonyl (C=O) groups excluding carboxylic acids is 1. The number of ketones is 1. The zero-order valence-corrected chi connectivity index (χ0v) is 25.0. The Balaban J connectivity index is 1.52. The first-order valence-corrected chi connectivity index (χ1v) is 16.3. The average Bonchev–Trinajstić information content (AvgIpc) is 3.34. The van der Waals surface area contributed by atoms with Gasteiger partial charge in [-0.2, -0.15) is 0 Å². The van der Waals surface area contributed by atoms with Crippen LogP contribution in [0.25, 0.3) is 22.3 Å². The van der Waals surface area contributed by atoms with Crippen molar-refractivity contribution < 1.29 is 22.4 Å². The molecule has 0 unspecified atom stereocenters. The quantitative estimate of drug-likeness (QED) is 0.111. The summed E-state index contributed by atoms with van der Waals surface area (Å²) >= 11 is 0. The Morgan fingerprint density at radius 2 is 1.54 bits per heavy atom. The van der Waals surface area contributed by atoms with Crippen LogP contribution < -0.4 is 9.46 Å². The molecule has 41 heavy (non-hydrogen) atoms. The SMILES string of the molecule is CCCCN(CCCC)CCCOc1ccc(C(=O)c2c(-c3ccccc3)oc3ccc(NS(C)(=O)=O)cc23)cc1. The van der Waals surface area contributed by atoms with Gasteiger partial charge in [-0.05, 0) is 74.8 Å². The van der Waals surface area contributed by atoms with E-state index in [2.05, 4.69) is 23.5 Å². The first-order valence-electron chi connectivity index (χ1n) is 14.4. The number of unbranched alkanes of at least 4 members (excludes halogenated alkanes) is 2. The zero-order chi connectivity index (χ0) is 29.2. The van der Waals surface area contributed by atoms with Crippen LogP contribution in [-0.4, -0.2) is 51.6 Å². The minimum Gasteiger partial charge on any atom is -0.494 e. The molecule has 0 aliphatic carbocycles. The Morgan fingerprint density at radius 3 is 2.17 bits per heavy atom. The van der Waals surface area contributed by atoms with Crippen molar-refractivity contribution in [2.75, 3.05) is 37.2 Å².